The smallest absolute Gasteiger partial charge is 0.319 e. The van der Waals surface area contributed by atoms with Crippen LogP contribution in [0.1, 0.15) is 39.5 Å². The van der Waals surface area contributed by atoms with Crippen molar-refractivity contribution in [2.45, 2.75) is 39.5 Å². The number of carbonyl (C=O) groups excluding carboxylic acids is 1. The fourth-order valence-electron chi connectivity index (χ4n) is 2.44. The number of carboxylic acids is 1. The van der Waals surface area contributed by atoms with Crippen molar-refractivity contribution < 1.29 is 14.7 Å². The van der Waals surface area contributed by atoms with Gasteiger partial charge in [-0.25, -0.2) is 0 Å². The van der Waals surface area contributed by atoms with Gasteiger partial charge in [0.2, 0.25) is 5.91 Å². The lowest BCUT2D eigenvalue weighted by molar-refractivity contribution is -0.158. The van der Waals surface area contributed by atoms with E-state index in [9.17, 15) is 9.59 Å². The number of hydrogen-bond donors (Lipinski definition) is 2. The molecule has 0 heterocycles. The Kier molecular flexibility index (Phi) is 3.37. The van der Waals surface area contributed by atoms with Gasteiger partial charge in [0, 0.05) is 0 Å². The number of aliphatic carboxylic acids is 1. The van der Waals surface area contributed by atoms with Crippen LogP contribution in [0, 0.1) is 17.3 Å². The predicted molar refractivity (Wildman–Crippen MR) is 56.1 cm³/mol. The van der Waals surface area contributed by atoms with Crippen LogP contribution in [0.15, 0.2) is 0 Å². The van der Waals surface area contributed by atoms with Crippen LogP contribution in [0.4, 0.5) is 0 Å². The summed E-state index contributed by atoms with van der Waals surface area (Å²) in [7, 11) is 0. The highest BCUT2D eigenvalue weighted by Gasteiger charge is 2.47. The van der Waals surface area contributed by atoms with E-state index >= 15 is 0 Å². The van der Waals surface area contributed by atoms with E-state index in [1.54, 1.807) is 0 Å². The molecule has 0 radical (unpaired) electrons. The van der Waals surface area contributed by atoms with Crippen molar-refractivity contribution in [2.24, 2.45) is 23.0 Å². The zero-order valence-electron chi connectivity index (χ0n) is 9.32. The molecule has 1 amide bonds. The maximum atomic E-state index is 11.3. The molecular weight excluding hydrogens is 194 g/mol. The van der Waals surface area contributed by atoms with Crippen LogP contribution >= 0.6 is 0 Å². The summed E-state index contributed by atoms with van der Waals surface area (Å²) < 4.78 is 0. The van der Waals surface area contributed by atoms with Crippen LogP contribution in [0.25, 0.3) is 0 Å². The third kappa shape index (κ3) is 2.13. The lowest BCUT2D eigenvalue weighted by Crippen LogP contribution is -2.48. The van der Waals surface area contributed by atoms with Crippen LogP contribution in [-0.4, -0.2) is 17.0 Å². The number of amides is 1. The molecule has 1 fully saturated rings. The number of carbonyl (C=O) groups is 2. The van der Waals surface area contributed by atoms with Gasteiger partial charge in [-0.1, -0.05) is 19.8 Å². The second-order valence-corrected chi connectivity index (χ2v) is 4.84. The Labute approximate surface area is 89.8 Å². The van der Waals surface area contributed by atoms with Crippen molar-refractivity contribution in [3.63, 3.8) is 0 Å². The summed E-state index contributed by atoms with van der Waals surface area (Å²) in [4.78, 5) is 22.5. The molecule has 3 atom stereocenters. The molecule has 1 rings (SSSR count). The molecule has 3 unspecified atom stereocenters. The molecule has 86 valence electrons. The Morgan fingerprint density at radius 1 is 1.40 bits per heavy atom. The van der Waals surface area contributed by atoms with Gasteiger partial charge in [0.05, 0.1) is 0 Å². The van der Waals surface area contributed by atoms with E-state index in [4.69, 9.17) is 10.8 Å². The van der Waals surface area contributed by atoms with E-state index in [2.05, 4.69) is 6.92 Å². The third-order valence-electron chi connectivity index (χ3n) is 3.71. The molecule has 1 aliphatic rings. The van der Waals surface area contributed by atoms with Crippen LogP contribution in [0.2, 0.25) is 0 Å². The largest absolute Gasteiger partial charge is 0.480 e. The quantitative estimate of drug-likeness (QED) is 0.695. The third-order valence-corrected chi connectivity index (χ3v) is 3.71. The number of nitrogens with two attached hydrogens (primary N) is 1. The Morgan fingerprint density at radius 2 is 2.00 bits per heavy atom. The summed E-state index contributed by atoms with van der Waals surface area (Å²) in [5, 5.41) is 9.14. The first-order valence-electron chi connectivity index (χ1n) is 5.42. The summed E-state index contributed by atoms with van der Waals surface area (Å²) in [6.07, 6.45) is 3.68. The predicted octanol–water partition coefficient (Wildman–Crippen LogP) is 1.39. The molecule has 4 nitrogen and oxygen atoms in total. The minimum atomic E-state index is -1.39. The maximum Gasteiger partial charge on any atom is 0.319 e. The van der Waals surface area contributed by atoms with Crippen molar-refractivity contribution in [3.8, 4) is 0 Å². The van der Waals surface area contributed by atoms with E-state index in [0.29, 0.717) is 5.92 Å². The first kappa shape index (κ1) is 12.0. The summed E-state index contributed by atoms with van der Waals surface area (Å²) in [5.41, 5.74) is 3.83. The first-order chi connectivity index (χ1) is 6.89. The lowest BCUT2D eigenvalue weighted by Gasteiger charge is -2.36. The summed E-state index contributed by atoms with van der Waals surface area (Å²) in [5.74, 6) is -1.43. The molecule has 15 heavy (non-hydrogen) atoms. The molecule has 1 saturated carbocycles. The second-order valence-electron chi connectivity index (χ2n) is 4.84. The van der Waals surface area contributed by atoms with Crippen molar-refractivity contribution in [1.82, 2.24) is 0 Å². The molecule has 0 aromatic heterocycles. The highest BCUT2D eigenvalue weighted by Crippen LogP contribution is 2.40. The lowest BCUT2D eigenvalue weighted by atomic mass is 9.67. The fraction of sp³-hybridized carbons (Fsp3) is 0.818. The summed E-state index contributed by atoms with van der Waals surface area (Å²) >= 11 is 0. The molecule has 0 saturated heterocycles. The molecule has 1 aliphatic carbocycles. The standard InChI is InChI=1S/C11H19NO3/c1-7-4-3-5-8(6-7)11(2,9(12)13)10(14)15/h7-8H,3-6H2,1-2H3,(H2,12,13)(H,14,15). The minimum Gasteiger partial charge on any atom is -0.480 e. The van der Waals surface area contributed by atoms with E-state index in [0.717, 1.165) is 25.7 Å². The zero-order chi connectivity index (χ0) is 11.6. The van der Waals surface area contributed by atoms with E-state index in [1.807, 2.05) is 0 Å². The first-order valence-corrected chi connectivity index (χ1v) is 5.42. The van der Waals surface area contributed by atoms with Crippen LogP contribution in [0.5, 0.6) is 0 Å². The fourth-order valence-corrected chi connectivity index (χ4v) is 2.44. The van der Waals surface area contributed by atoms with Crippen molar-refractivity contribution in [2.75, 3.05) is 0 Å². The molecule has 0 spiro atoms. The van der Waals surface area contributed by atoms with Gasteiger partial charge in [-0.3, -0.25) is 9.59 Å². The highest BCUT2D eigenvalue weighted by atomic mass is 16.4. The van der Waals surface area contributed by atoms with Gasteiger partial charge in [0.1, 0.15) is 5.41 Å². The average Bonchev–Trinajstić information content (AvgIpc) is 2.15. The Hall–Kier alpha value is -1.06. The van der Waals surface area contributed by atoms with Crippen LogP contribution in [0.3, 0.4) is 0 Å². The number of primary amides is 1. The highest BCUT2D eigenvalue weighted by molar-refractivity contribution is 6.01. The maximum absolute atomic E-state index is 11.3. The summed E-state index contributed by atoms with van der Waals surface area (Å²) in [6.45, 7) is 3.55. The van der Waals surface area contributed by atoms with Gasteiger partial charge in [-0.2, -0.15) is 0 Å². The molecule has 3 N–H and O–H groups in total. The van der Waals surface area contributed by atoms with E-state index < -0.39 is 17.3 Å². The molecule has 0 aliphatic heterocycles. The minimum absolute atomic E-state index is 0.115. The van der Waals surface area contributed by atoms with Crippen molar-refractivity contribution in [1.29, 1.82) is 0 Å². The topological polar surface area (TPSA) is 80.4 Å². The normalized spacial score (nSPS) is 30.5. The van der Waals surface area contributed by atoms with Gasteiger partial charge in [0.15, 0.2) is 0 Å². The van der Waals surface area contributed by atoms with Crippen LogP contribution in [-0.2, 0) is 9.59 Å². The Balaban J connectivity index is 2.89. The van der Waals surface area contributed by atoms with E-state index in [1.165, 1.54) is 6.92 Å². The number of hydrogen-bond acceptors (Lipinski definition) is 2. The molecule has 0 aromatic carbocycles. The number of carboxylic acid groups (broad SMARTS) is 1. The van der Waals surface area contributed by atoms with Gasteiger partial charge in [-0.05, 0) is 31.6 Å². The monoisotopic (exact) mass is 213 g/mol. The zero-order valence-corrected chi connectivity index (χ0v) is 9.32. The van der Waals surface area contributed by atoms with Gasteiger partial charge < -0.3 is 10.8 Å². The SMILES string of the molecule is CC1CCCC(C(C)(C(N)=O)C(=O)O)C1. The summed E-state index contributed by atoms with van der Waals surface area (Å²) in [6, 6.07) is 0. The molecular formula is C11H19NO3. The van der Waals surface area contributed by atoms with Crippen LogP contribution < -0.4 is 5.73 Å². The van der Waals surface area contributed by atoms with Gasteiger partial charge in [-0.15, -0.1) is 0 Å². The van der Waals surface area contributed by atoms with Gasteiger partial charge in [0.25, 0.3) is 0 Å². The molecule has 0 aromatic rings. The van der Waals surface area contributed by atoms with E-state index in [-0.39, 0.29) is 5.92 Å². The van der Waals surface area contributed by atoms with Crippen molar-refractivity contribution in [3.05, 3.63) is 0 Å². The van der Waals surface area contributed by atoms with Crippen molar-refractivity contribution >= 4 is 11.9 Å². The molecule has 4 heteroatoms. The Bertz CT molecular complexity index is 261. The molecule has 0 bridgehead atoms. The second kappa shape index (κ2) is 4.21. The number of rotatable bonds is 3. The Morgan fingerprint density at radius 3 is 2.40 bits per heavy atom. The van der Waals surface area contributed by atoms with Gasteiger partial charge >= 0.3 is 5.97 Å². The average molecular weight is 213 g/mol.